The summed E-state index contributed by atoms with van der Waals surface area (Å²) in [6.45, 7) is 2.43. The second kappa shape index (κ2) is 9.41. The molecule has 0 bridgehead atoms. The number of carbonyl (C=O) groups is 2. The highest BCUT2D eigenvalue weighted by atomic mass is 16.5. The van der Waals surface area contributed by atoms with E-state index in [1.54, 1.807) is 13.2 Å². The van der Waals surface area contributed by atoms with Gasteiger partial charge >= 0.3 is 0 Å². The summed E-state index contributed by atoms with van der Waals surface area (Å²) in [5.41, 5.74) is 2.04. The van der Waals surface area contributed by atoms with Gasteiger partial charge in [-0.15, -0.1) is 0 Å². The van der Waals surface area contributed by atoms with E-state index < -0.39 is 5.92 Å². The molecule has 0 saturated heterocycles. The van der Waals surface area contributed by atoms with Gasteiger partial charge in [-0.3, -0.25) is 9.59 Å². The van der Waals surface area contributed by atoms with Crippen molar-refractivity contribution in [3.63, 3.8) is 0 Å². The standard InChI is InChI=1S/C24H27NO4/c1-16-20(18-7-5-4-6-8-18)13-22(26)23(29-3)14-21(16)24(27)25-15-17-9-11-19(28-2)12-10-17/h4-12,14,16,20-21H,13,15H2,1-3H3,(H,25,27)/t16?,20?,21-/m0/s1. The van der Waals surface area contributed by atoms with Crippen molar-refractivity contribution in [2.75, 3.05) is 14.2 Å². The third-order valence-electron chi connectivity index (χ3n) is 5.59. The Balaban J connectivity index is 1.80. The van der Waals surface area contributed by atoms with E-state index in [4.69, 9.17) is 9.47 Å². The first-order valence-electron chi connectivity index (χ1n) is 9.78. The summed E-state index contributed by atoms with van der Waals surface area (Å²) in [5.74, 6) is 0.292. The molecule has 2 aromatic rings. The van der Waals surface area contributed by atoms with Crippen molar-refractivity contribution in [1.29, 1.82) is 0 Å². The van der Waals surface area contributed by atoms with Crippen LogP contribution in [0.1, 0.15) is 30.4 Å². The van der Waals surface area contributed by atoms with E-state index in [1.807, 2.05) is 61.5 Å². The van der Waals surface area contributed by atoms with Crippen molar-refractivity contribution in [3.8, 4) is 5.75 Å². The van der Waals surface area contributed by atoms with E-state index in [9.17, 15) is 9.59 Å². The molecule has 1 aliphatic carbocycles. The van der Waals surface area contributed by atoms with E-state index in [1.165, 1.54) is 7.11 Å². The van der Waals surface area contributed by atoms with Crippen LogP contribution in [-0.4, -0.2) is 25.9 Å². The molecule has 3 atom stereocenters. The maximum Gasteiger partial charge on any atom is 0.227 e. The van der Waals surface area contributed by atoms with Crippen molar-refractivity contribution in [2.24, 2.45) is 11.8 Å². The summed E-state index contributed by atoms with van der Waals surface area (Å²) < 4.78 is 10.5. The lowest BCUT2D eigenvalue weighted by molar-refractivity contribution is -0.125. The Morgan fingerprint density at radius 1 is 1.03 bits per heavy atom. The minimum Gasteiger partial charge on any atom is -0.497 e. The van der Waals surface area contributed by atoms with Gasteiger partial charge in [0.15, 0.2) is 11.5 Å². The normalized spacial score (nSPS) is 21.7. The number of benzene rings is 2. The van der Waals surface area contributed by atoms with Crippen LogP contribution >= 0.6 is 0 Å². The summed E-state index contributed by atoms with van der Waals surface area (Å²) in [4.78, 5) is 25.7. The van der Waals surface area contributed by atoms with Crippen LogP contribution in [0.15, 0.2) is 66.4 Å². The lowest BCUT2D eigenvalue weighted by Crippen LogP contribution is -2.34. The number of Topliss-reactive ketones (excluding diaryl/α,β-unsaturated/α-hetero) is 1. The van der Waals surface area contributed by atoms with Gasteiger partial charge < -0.3 is 14.8 Å². The molecule has 0 heterocycles. The van der Waals surface area contributed by atoms with Crippen LogP contribution in [0.3, 0.4) is 0 Å². The van der Waals surface area contributed by atoms with Crippen LogP contribution in [0.2, 0.25) is 0 Å². The maximum atomic E-state index is 13.1. The zero-order valence-corrected chi connectivity index (χ0v) is 17.1. The van der Waals surface area contributed by atoms with Gasteiger partial charge in [0, 0.05) is 13.0 Å². The molecule has 0 aliphatic heterocycles. The van der Waals surface area contributed by atoms with Crippen LogP contribution in [0.5, 0.6) is 5.75 Å². The molecule has 2 unspecified atom stereocenters. The molecular formula is C24H27NO4. The number of hydrogen-bond acceptors (Lipinski definition) is 4. The van der Waals surface area contributed by atoms with Crippen molar-refractivity contribution in [2.45, 2.75) is 25.8 Å². The molecule has 1 N–H and O–H groups in total. The van der Waals surface area contributed by atoms with Crippen molar-refractivity contribution >= 4 is 11.7 Å². The number of allylic oxidation sites excluding steroid dienone is 1. The fraction of sp³-hybridized carbons (Fsp3) is 0.333. The van der Waals surface area contributed by atoms with E-state index >= 15 is 0 Å². The average Bonchev–Trinajstić information content (AvgIpc) is 2.89. The Morgan fingerprint density at radius 2 is 1.72 bits per heavy atom. The van der Waals surface area contributed by atoms with E-state index in [0.717, 1.165) is 16.9 Å². The minimum atomic E-state index is -0.458. The summed E-state index contributed by atoms with van der Waals surface area (Å²) in [6.07, 6.45) is 2.01. The number of rotatable bonds is 6. The van der Waals surface area contributed by atoms with Crippen molar-refractivity contribution < 1.29 is 19.1 Å². The van der Waals surface area contributed by atoms with Gasteiger partial charge in [0.25, 0.3) is 0 Å². The molecule has 0 spiro atoms. The molecule has 0 saturated carbocycles. The average molecular weight is 393 g/mol. The van der Waals surface area contributed by atoms with Crippen LogP contribution in [0.25, 0.3) is 0 Å². The quantitative estimate of drug-likeness (QED) is 0.810. The van der Waals surface area contributed by atoms with E-state index in [-0.39, 0.29) is 29.3 Å². The van der Waals surface area contributed by atoms with Gasteiger partial charge in [-0.2, -0.15) is 0 Å². The lowest BCUT2D eigenvalue weighted by atomic mass is 9.78. The van der Waals surface area contributed by atoms with E-state index in [0.29, 0.717) is 13.0 Å². The molecule has 0 aromatic heterocycles. The summed E-state index contributed by atoms with van der Waals surface area (Å²) in [6, 6.07) is 17.5. The van der Waals surface area contributed by atoms with Crippen LogP contribution < -0.4 is 10.1 Å². The molecule has 152 valence electrons. The Hall–Kier alpha value is -3.08. The second-order valence-corrected chi connectivity index (χ2v) is 7.33. The highest BCUT2D eigenvalue weighted by Crippen LogP contribution is 2.38. The first-order valence-corrected chi connectivity index (χ1v) is 9.78. The van der Waals surface area contributed by atoms with Crippen molar-refractivity contribution in [3.05, 3.63) is 77.6 Å². The molecule has 3 rings (SSSR count). The Kier molecular flexibility index (Phi) is 6.70. The predicted octanol–water partition coefficient (Wildman–Crippen LogP) is 3.85. The summed E-state index contributed by atoms with van der Waals surface area (Å²) in [7, 11) is 3.10. The molecule has 0 radical (unpaired) electrons. The largest absolute Gasteiger partial charge is 0.497 e. The molecule has 1 aliphatic rings. The number of amides is 1. The first-order chi connectivity index (χ1) is 14.0. The number of hydrogen-bond donors (Lipinski definition) is 1. The highest BCUT2D eigenvalue weighted by molar-refractivity contribution is 5.96. The predicted molar refractivity (Wildman–Crippen MR) is 111 cm³/mol. The molecule has 1 amide bonds. The summed E-state index contributed by atoms with van der Waals surface area (Å²) >= 11 is 0. The van der Waals surface area contributed by atoms with Crippen molar-refractivity contribution in [1.82, 2.24) is 5.32 Å². The summed E-state index contributed by atoms with van der Waals surface area (Å²) in [5, 5.41) is 3.00. The third-order valence-corrected chi connectivity index (χ3v) is 5.59. The molecule has 0 fully saturated rings. The van der Waals surface area contributed by atoms with Crippen LogP contribution in [0, 0.1) is 11.8 Å². The monoisotopic (exact) mass is 393 g/mol. The van der Waals surface area contributed by atoms with Gasteiger partial charge in [0.2, 0.25) is 5.91 Å². The van der Waals surface area contributed by atoms with E-state index in [2.05, 4.69) is 5.32 Å². The smallest absolute Gasteiger partial charge is 0.227 e. The van der Waals surface area contributed by atoms with Gasteiger partial charge in [0.05, 0.1) is 20.1 Å². The number of carbonyl (C=O) groups excluding carboxylic acids is 2. The first kappa shape index (κ1) is 20.6. The Labute approximate surface area is 171 Å². The van der Waals surface area contributed by atoms with Gasteiger partial charge in [0.1, 0.15) is 5.75 Å². The lowest BCUT2D eigenvalue weighted by Gasteiger charge is -2.27. The number of ether oxygens (including phenoxy) is 2. The molecule has 29 heavy (non-hydrogen) atoms. The second-order valence-electron chi connectivity index (χ2n) is 7.33. The number of methoxy groups -OCH3 is 2. The third kappa shape index (κ3) is 4.86. The molecule has 5 nitrogen and oxygen atoms in total. The Bertz CT molecular complexity index is 874. The number of nitrogens with one attached hydrogen (secondary N) is 1. The topological polar surface area (TPSA) is 64.6 Å². The SMILES string of the molecule is COC1=C[C@H](C(=O)NCc2ccc(OC)cc2)C(C)C(c2ccccc2)CC1=O. The highest BCUT2D eigenvalue weighted by Gasteiger charge is 2.36. The van der Waals surface area contributed by atoms with Gasteiger partial charge in [-0.05, 0) is 41.2 Å². The van der Waals surface area contributed by atoms with Crippen LogP contribution in [-0.2, 0) is 20.9 Å². The fourth-order valence-corrected chi connectivity index (χ4v) is 3.81. The van der Waals surface area contributed by atoms with Gasteiger partial charge in [-0.1, -0.05) is 49.4 Å². The molecule has 5 heteroatoms. The zero-order valence-electron chi connectivity index (χ0n) is 17.1. The van der Waals surface area contributed by atoms with Gasteiger partial charge in [-0.25, -0.2) is 0 Å². The number of ketones is 1. The molecular weight excluding hydrogens is 366 g/mol. The Morgan fingerprint density at radius 3 is 2.34 bits per heavy atom. The zero-order chi connectivity index (χ0) is 20.8. The maximum absolute atomic E-state index is 13.1. The molecule has 2 aromatic carbocycles. The minimum absolute atomic E-state index is 0.0510. The van der Waals surface area contributed by atoms with Crippen LogP contribution in [0.4, 0.5) is 0 Å². The fourth-order valence-electron chi connectivity index (χ4n) is 3.81.